The Morgan fingerprint density at radius 3 is 2.46 bits per heavy atom. The monoisotopic (exact) mass is 392 g/mol. The molecule has 1 atom stereocenters. The molecule has 0 aliphatic heterocycles. The average Bonchev–Trinajstić information content (AvgIpc) is 2.67. The van der Waals surface area contributed by atoms with Crippen molar-refractivity contribution in [3.63, 3.8) is 0 Å². The number of benzene rings is 2. The molecule has 0 aliphatic carbocycles. The first-order chi connectivity index (χ1) is 12.5. The molecule has 5 nitrogen and oxygen atoms in total. The lowest BCUT2D eigenvalue weighted by molar-refractivity contribution is 0.0601. The van der Waals surface area contributed by atoms with E-state index in [4.69, 9.17) is 33.3 Å². The van der Waals surface area contributed by atoms with Crippen LogP contribution in [-0.4, -0.2) is 25.3 Å². The summed E-state index contributed by atoms with van der Waals surface area (Å²) >= 11 is 11.6. The van der Waals surface area contributed by atoms with Crippen LogP contribution in [0.1, 0.15) is 35.3 Å². The van der Waals surface area contributed by atoms with E-state index >= 15 is 0 Å². The van der Waals surface area contributed by atoms with E-state index in [0.29, 0.717) is 21.4 Å². The van der Waals surface area contributed by atoms with Crippen molar-refractivity contribution in [3.05, 3.63) is 58.6 Å². The number of esters is 1. The average molecular weight is 393 g/mol. The molecule has 0 saturated heterocycles. The minimum absolute atomic E-state index is 0.0310. The summed E-state index contributed by atoms with van der Waals surface area (Å²) in [4.78, 5) is 11.7. The molecule has 2 N–H and O–H groups in total. The minimum Gasteiger partial charge on any atom is -0.497 e. The molecular formula is C19H21ClN2O3S. The van der Waals surface area contributed by atoms with Crippen molar-refractivity contribution in [3.8, 4) is 5.75 Å². The maximum absolute atomic E-state index is 11.7. The van der Waals surface area contributed by atoms with Crippen molar-refractivity contribution in [2.45, 2.75) is 19.4 Å². The lowest BCUT2D eigenvalue weighted by Crippen LogP contribution is -2.32. The number of ether oxygens (including phenoxy) is 2. The Balaban J connectivity index is 2.10. The van der Waals surface area contributed by atoms with Crippen LogP contribution in [0.25, 0.3) is 0 Å². The highest BCUT2D eigenvalue weighted by Gasteiger charge is 2.13. The largest absolute Gasteiger partial charge is 0.497 e. The van der Waals surface area contributed by atoms with Crippen molar-refractivity contribution < 1.29 is 14.3 Å². The molecule has 0 fully saturated rings. The van der Waals surface area contributed by atoms with E-state index in [1.165, 1.54) is 7.11 Å². The number of thiocarbonyl (C=S) groups is 1. The van der Waals surface area contributed by atoms with Crippen molar-refractivity contribution in [1.29, 1.82) is 0 Å². The summed E-state index contributed by atoms with van der Waals surface area (Å²) < 4.78 is 9.91. The molecule has 138 valence electrons. The fourth-order valence-corrected chi connectivity index (χ4v) is 2.86. The van der Waals surface area contributed by atoms with Gasteiger partial charge in [-0.1, -0.05) is 30.7 Å². The zero-order valence-electron chi connectivity index (χ0n) is 14.8. The number of hydrogen-bond acceptors (Lipinski definition) is 4. The van der Waals surface area contributed by atoms with Crippen LogP contribution in [0.4, 0.5) is 5.69 Å². The molecule has 0 bridgehead atoms. The van der Waals surface area contributed by atoms with Crippen LogP contribution >= 0.6 is 23.8 Å². The highest BCUT2D eigenvalue weighted by atomic mass is 35.5. The highest BCUT2D eigenvalue weighted by Crippen LogP contribution is 2.24. The van der Waals surface area contributed by atoms with Crippen LogP contribution < -0.4 is 15.4 Å². The Labute approximate surface area is 163 Å². The molecule has 0 saturated carbocycles. The zero-order valence-corrected chi connectivity index (χ0v) is 16.4. The van der Waals surface area contributed by atoms with E-state index in [9.17, 15) is 4.79 Å². The molecule has 2 aromatic carbocycles. The molecule has 0 aliphatic rings. The van der Waals surface area contributed by atoms with Crippen LogP contribution in [0.3, 0.4) is 0 Å². The third kappa shape index (κ3) is 5.09. The Kier molecular flexibility index (Phi) is 7.24. The lowest BCUT2D eigenvalue weighted by Gasteiger charge is -2.21. The molecule has 7 heteroatoms. The Morgan fingerprint density at radius 2 is 1.88 bits per heavy atom. The van der Waals surface area contributed by atoms with E-state index in [0.717, 1.165) is 17.7 Å². The summed E-state index contributed by atoms with van der Waals surface area (Å²) in [6, 6.07) is 12.7. The number of nitrogens with one attached hydrogen (secondary N) is 2. The first kappa shape index (κ1) is 20.0. The molecule has 0 aromatic heterocycles. The Morgan fingerprint density at radius 1 is 1.19 bits per heavy atom. The van der Waals surface area contributed by atoms with Gasteiger partial charge in [-0.2, -0.15) is 0 Å². The van der Waals surface area contributed by atoms with Gasteiger partial charge in [0.25, 0.3) is 0 Å². The van der Waals surface area contributed by atoms with Crippen molar-refractivity contribution >= 4 is 40.6 Å². The van der Waals surface area contributed by atoms with E-state index in [1.807, 2.05) is 24.3 Å². The van der Waals surface area contributed by atoms with Crippen molar-refractivity contribution in [2.75, 3.05) is 19.5 Å². The van der Waals surface area contributed by atoms with Crippen LogP contribution in [0.2, 0.25) is 5.02 Å². The summed E-state index contributed by atoms with van der Waals surface area (Å²) in [6.07, 6.45) is 0.837. The smallest absolute Gasteiger partial charge is 0.337 e. The van der Waals surface area contributed by atoms with Gasteiger partial charge in [-0.3, -0.25) is 0 Å². The zero-order chi connectivity index (χ0) is 19.1. The standard InChI is InChI=1S/C19H21ClN2O3S/c1-4-16(12-5-8-14(24-2)9-6-12)21-19(26)22-17-11-13(18(23)25-3)7-10-15(17)20/h5-11,16H,4H2,1-3H3,(H2,21,22,26)/t16-/m0/s1. The summed E-state index contributed by atoms with van der Waals surface area (Å²) in [6.45, 7) is 2.06. The molecule has 2 aromatic rings. The summed E-state index contributed by atoms with van der Waals surface area (Å²) in [5.41, 5.74) is 2.02. The van der Waals surface area contributed by atoms with E-state index in [1.54, 1.807) is 25.3 Å². The number of carbonyl (C=O) groups excluding carboxylic acids is 1. The number of halogens is 1. The van der Waals surface area contributed by atoms with Crippen LogP contribution in [-0.2, 0) is 4.74 Å². The molecule has 0 radical (unpaired) electrons. The van der Waals surface area contributed by atoms with Gasteiger partial charge in [-0.25, -0.2) is 4.79 Å². The topological polar surface area (TPSA) is 59.6 Å². The third-order valence-electron chi connectivity index (χ3n) is 3.87. The number of anilines is 1. The molecule has 0 spiro atoms. The predicted molar refractivity (Wildman–Crippen MR) is 108 cm³/mol. The predicted octanol–water partition coefficient (Wildman–Crippen LogP) is 4.57. The van der Waals surface area contributed by atoms with Crippen LogP contribution in [0.5, 0.6) is 5.75 Å². The maximum Gasteiger partial charge on any atom is 0.337 e. The SMILES string of the molecule is CC[C@H](NC(=S)Nc1cc(C(=O)OC)ccc1Cl)c1ccc(OC)cc1. The van der Waals surface area contributed by atoms with Crippen LogP contribution in [0.15, 0.2) is 42.5 Å². The minimum atomic E-state index is -0.437. The van der Waals surface area contributed by atoms with Crippen molar-refractivity contribution in [2.24, 2.45) is 0 Å². The summed E-state index contributed by atoms with van der Waals surface area (Å²) in [5.74, 6) is 0.365. The first-order valence-corrected chi connectivity index (χ1v) is 8.86. The second kappa shape index (κ2) is 9.40. The molecule has 0 heterocycles. The van der Waals surface area contributed by atoms with Gasteiger partial charge in [0.05, 0.1) is 36.5 Å². The van der Waals surface area contributed by atoms with Gasteiger partial charge in [0.15, 0.2) is 5.11 Å². The van der Waals surface area contributed by atoms with Gasteiger partial charge >= 0.3 is 5.97 Å². The number of methoxy groups -OCH3 is 2. The summed E-state index contributed by atoms with van der Waals surface area (Å²) in [5, 5.41) is 7.18. The van der Waals surface area contributed by atoms with Gasteiger partial charge in [-0.05, 0) is 54.5 Å². The van der Waals surface area contributed by atoms with E-state index in [-0.39, 0.29) is 6.04 Å². The molecular weight excluding hydrogens is 372 g/mol. The highest BCUT2D eigenvalue weighted by molar-refractivity contribution is 7.80. The normalized spacial score (nSPS) is 11.4. The van der Waals surface area contributed by atoms with Gasteiger partial charge in [-0.15, -0.1) is 0 Å². The first-order valence-electron chi connectivity index (χ1n) is 8.07. The molecule has 0 unspecified atom stereocenters. The molecule has 26 heavy (non-hydrogen) atoms. The maximum atomic E-state index is 11.7. The Bertz CT molecular complexity index is 781. The number of rotatable bonds is 6. The van der Waals surface area contributed by atoms with Gasteiger partial charge < -0.3 is 20.1 Å². The van der Waals surface area contributed by atoms with E-state index in [2.05, 4.69) is 17.6 Å². The lowest BCUT2D eigenvalue weighted by atomic mass is 10.0. The number of hydrogen-bond donors (Lipinski definition) is 2. The second-order valence-corrected chi connectivity index (χ2v) is 6.33. The third-order valence-corrected chi connectivity index (χ3v) is 4.42. The quantitative estimate of drug-likeness (QED) is 0.554. The molecule has 2 rings (SSSR count). The fraction of sp³-hybridized carbons (Fsp3) is 0.263. The molecule has 0 amide bonds. The van der Waals surface area contributed by atoms with Crippen molar-refractivity contribution in [1.82, 2.24) is 5.32 Å². The summed E-state index contributed by atoms with van der Waals surface area (Å²) in [7, 11) is 2.97. The number of carbonyl (C=O) groups is 1. The van der Waals surface area contributed by atoms with Gasteiger partial charge in [0.2, 0.25) is 0 Å². The van der Waals surface area contributed by atoms with Gasteiger partial charge in [0, 0.05) is 0 Å². The Hall–Kier alpha value is -2.31. The van der Waals surface area contributed by atoms with Crippen LogP contribution in [0, 0.1) is 0 Å². The second-order valence-electron chi connectivity index (χ2n) is 5.52. The van der Waals surface area contributed by atoms with E-state index < -0.39 is 5.97 Å². The fourth-order valence-electron chi connectivity index (χ4n) is 2.44. The van der Waals surface area contributed by atoms with Gasteiger partial charge in [0.1, 0.15) is 5.75 Å².